The topological polar surface area (TPSA) is 38.3 Å². The summed E-state index contributed by atoms with van der Waals surface area (Å²) in [6, 6.07) is 10.3. The largest absolute Gasteiger partial charge is 0.452 e. The van der Waals surface area contributed by atoms with E-state index < -0.39 is 5.60 Å². The quantitative estimate of drug-likeness (QED) is 0.831. The zero-order valence-corrected chi connectivity index (χ0v) is 11.1. The first kappa shape index (κ1) is 13.1. The third-order valence-corrected chi connectivity index (χ3v) is 3.80. The second-order valence-corrected chi connectivity index (χ2v) is 4.82. The number of esters is 1. The predicted octanol–water partition coefficient (Wildman–Crippen LogP) is 2.61. The number of carbonyl (C=O) groups excluding carboxylic acids is 1. The molecule has 0 aromatic heterocycles. The molecule has 0 saturated heterocycles. The van der Waals surface area contributed by atoms with E-state index in [0.29, 0.717) is 6.42 Å². The van der Waals surface area contributed by atoms with Gasteiger partial charge in [-0.15, -0.1) is 0 Å². The van der Waals surface area contributed by atoms with Crippen LogP contribution >= 0.6 is 0 Å². The molecule has 0 bridgehead atoms. The number of ether oxygens (including phenoxy) is 1. The van der Waals surface area contributed by atoms with Crippen molar-refractivity contribution in [3.63, 3.8) is 0 Å². The van der Waals surface area contributed by atoms with Crippen molar-refractivity contribution in [2.24, 2.45) is 0 Å². The Balaban J connectivity index is 2.36. The molecule has 3 heteroatoms. The molecular weight excluding hydrogens is 226 g/mol. The van der Waals surface area contributed by atoms with Crippen LogP contribution < -0.4 is 5.32 Å². The monoisotopic (exact) mass is 247 g/mol. The Kier molecular flexibility index (Phi) is 4.02. The van der Waals surface area contributed by atoms with E-state index in [2.05, 4.69) is 17.4 Å². The Bertz CT molecular complexity index is 404. The van der Waals surface area contributed by atoms with Crippen LogP contribution in [0.1, 0.15) is 38.2 Å². The molecule has 1 aromatic carbocycles. The van der Waals surface area contributed by atoms with E-state index in [9.17, 15) is 4.79 Å². The van der Waals surface area contributed by atoms with Crippen LogP contribution in [0.15, 0.2) is 30.3 Å². The summed E-state index contributed by atoms with van der Waals surface area (Å²) in [5, 5.41) is 3.31. The molecule has 0 aliphatic heterocycles. The molecule has 0 heterocycles. The number of benzene rings is 1. The van der Waals surface area contributed by atoms with Crippen molar-refractivity contribution in [3.8, 4) is 0 Å². The molecule has 1 N–H and O–H groups in total. The fraction of sp³-hybridized carbons (Fsp3) is 0.533. The lowest BCUT2D eigenvalue weighted by molar-refractivity contribution is -0.162. The van der Waals surface area contributed by atoms with Crippen molar-refractivity contribution in [2.75, 3.05) is 7.05 Å². The fourth-order valence-corrected chi connectivity index (χ4v) is 2.88. The predicted molar refractivity (Wildman–Crippen MR) is 71.2 cm³/mol. The minimum atomic E-state index is -0.483. The summed E-state index contributed by atoms with van der Waals surface area (Å²) in [7, 11) is 1.94. The molecular formula is C15H21NO2. The molecule has 3 nitrogen and oxygen atoms in total. The van der Waals surface area contributed by atoms with Crippen molar-refractivity contribution in [1.29, 1.82) is 0 Å². The van der Waals surface area contributed by atoms with E-state index in [1.54, 1.807) is 0 Å². The molecule has 1 unspecified atom stereocenters. The van der Waals surface area contributed by atoms with E-state index in [1.165, 1.54) is 0 Å². The number of likely N-dealkylation sites (N-methyl/N-ethyl adjacent to an activating group) is 1. The number of rotatable bonds is 4. The van der Waals surface area contributed by atoms with Gasteiger partial charge in [0.2, 0.25) is 0 Å². The van der Waals surface area contributed by atoms with Crippen LogP contribution in [0.25, 0.3) is 0 Å². The van der Waals surface area contributed by atoms with Gasteiger partial charge in [0.25, 0.3) is 0 Å². The molecule has 98 valence electrons. The average molecular weight is 247 g/mol. The molecule has 2 rings (SSSR count). The summed E-state index contributed by atoms with van der Waals surface area (Å²) in [5.74, 6) is -0.124. The van der Waals surface area contributed by atoms with Gasteiger partial charge in [0, 0.05) is 6.42 Å². The summed E-state index contributed by atoms with van der Waals surface area (Å²) in [6.07, 6.45) is 3.44. The number of hydrogen-bond donors (Lipinski definition) is 1. The van der Waals surface area contributed by atoms with Crippen molar-refractivity contribution >= 4 is 5.97 Å². The van der Waals surface area contributed by atoms with Crippen LogP contribution in [-0.2, 0) is 15.1 Å². The highest BCUT2D eigenvalue weighted by Gasteiger charge is 2.46. The Morgan fingerprint density at radius 2 is 2.17 bits per heavy atom. The van der Waals surface area contributed by atoms with E-state index >= 15 is 0 Å². The molecule has 1 aromatic rings. The van der Waals surface area contributed by atoms with E-state index in [4.69, 9.17) is 4.74 Å². The van der Waals surface area contributed by atoms with Crippen LogP contribution in [0.4, 0.5) is 0 Å². The highest BCUT2D eigenvalue weighted by atomic mass is 16.6. The highest BCUT2D eigenvalue weighted by Crippen LogP contribution is 2.42. The number of hydrogen-bond acceptors (Lipinski definition) is 3. The molecule has 1 saturated carbocycles. The molecule has 0 spiro atoms. The maximum Gasteiger partial charge on any atom is 0.306 e. The van der Waals surface area contributed by atoms with Gasteiger partial charge in [-0.25, -0.2) is 0 Å². The van der Waals surface area contributed by atoms with Crippen LogP contribution in [-0.4, -0.2) is 19.1 Å². The second-order valence-electron chi connectivity index (χ2n) is 4.82. The van der Waals surface area contributed by atoms with Gasteiger partial charge >= 0.3 is 5.97 Å². The summed E-state index contributed by atoms with van der Waals surface area (Å²) in [6.45, 7) is 1.84. The van der Waals surface area contributed by atoms with Gasteiger partial charge in [0.05, 0.1) is 6.04 Å². The number of carbonyl (C=O) groups is 1. The first-order valence-corrected chi connectivity index (χ1v) is 6.67. The van der Waals surface area contributed by atoms with Gasteiger partial charge < -0.3 is 10.1 Å². The maximum absolute atomic E-state index is 11.8. The lowest BCUT2D eigenvalue weighted by Crippen LogP contribution is -2.46. The Morgan fingerprint density at radius 1 is 1.44 bits per heavy atom. The highest BCUT2D eigenvalue weighted by molar-refractivity contribution is 5.70. The minimum Gasteiger partial charge on any atom is -0.452 e. The lowest BCUT2D eigenvalue weighted by atomic mass is 9.88. The van der Waals surface area contributed by atoms with Gasteiger partial charge in [-0.1, -0.05) is 37.3 Å². The van der Waals surface area contributed by atoms with Gasteiger partial charge in [-0.05, 0) is 31.9 Å². The van der Waals surface area contributed by atoms with Crippen molar-refractivity contribution < 1.29 is 9.53 Å². The lowest BCUT2D eigenvalue weighted by Gasteiger charge is -2.35. The van der Waals surface area contributed by atoms with E-state index in [1.807, 2.05) is 32.2 Å². The summed E-state index contributed by atoms with van der Waals surface area (Å²) < 4.78 is 5.84. The fourth-order valence-electron chi connectivity index (χ4n) is 2.88. The van der Waals surface area contributed by atoms with E-state index in [-0.39, 0.29) is 12.0 Å². The van der Waals surface area contributed by atoms with Gasteiger partial charge in [-0.2, -0.15) is 0 Å². The SMILES string of the molecule is CCC(=O)OC1(c2ccccc2)CCC[C@@H]1NC. The zero-order valence-electron chi connectivity index (χ0n) is 11.1. The van der Waals surface area contributed by atoms with E-state index in [0.717, 1.165) is 24.8 Å². The zero-order chi connectivity index (χ0) is 13.0. The Hall–Kier alpha value is -1.35. The third kappa shape index (κ3) is 2.27. The van der Waals surface area contributed by atoms with Crippen molar-refractivity contribution in [1.82, 2.24) is 5.32 Å². The van der Waals surface area contributed by atoms with Gasteiger partial charge in [0.1, 0.15) is 0 Å². The second kappa shape index (κ2) is 5.53. The van der Waals surface area contributed by atoms with Gasteiger partial charge in [-0.3, -0.25) is 4.79 Å². The Morgan fingerprint density at radius 3 is 2.78 bits per heavy atom. The molecule has 18 heavy (non-hydrogen) atoms. The summed E-state index contributed by atoms with van der Waals surface area (Å²) >= 11 is 0. The van der Waals surface area contributed by atoms with Crippen molar-refractivity contribution in [3.05, 3.63) is 35.9 Å². The smallest absolute Gasteiger partial charge is 0.306 e. The van der Waals surface area contributed by atoms with Crippen molar-refractivity contribution in [2.45, 2.75) is 44.2 Å². The first-order chi connectivity index (χ1) is 8.73. The minimum absolute atomic E-state index is 0.124. The summed E-state index contributed by atoms with van der Waals surface area (Å²) in [5.41, 5.74) is 0.618. The third-order valence-electron chi connectivity index (χ3n) is 3.80. The van der Waals surface area contributed by atoms with Crippen LogP contribution in [0.5, 0.6) is 0 Å². The average Bonchev–Trinajstić information content (AvgIpc) is 2.83. The molecule has 0 radical (unpaired) electrons. The molecule has 1 aliphatic carbocycles. The maximum atomic E-state index is 11.8. The molecule has 1 fully saturated rings. The normalized spacial score (nSPS) is 27.1. The number of nitrogens with one attached hydrogen (secondary N) is 1. The molecule has 1 aliphatic rings. The standard InChI is InChI=1S/C15H21NO2/c1-3-14(17)18-15(11-7-10-13(15)16-2)12-8-5-4-6-9-12/h4-6,8-9,13,16H,3,7,10-11H2,1-2H3/t13-,15?/m0/s1. The molecule has 0 amide bonds. The van der Waals surface area contributed by atoms with Crippen LogP contribution in [0.2, 0.25) is 0 Å². The summed E-state index contributed by atoms with van der Waals surface area (Å²) in [4.78, 5) is 11.8. The van der Waals surface area contributed by atoms with Crippen LogP contribution in [0, 0.1) is 0 Å². The Labute approximate surface area is 109 Å². The first-order valence-electron chi connectivity index (χ1n) is 6.67. The molecule has 2 atom stereocenters. The van der Waals surface area contributed by atoms with Crippen LogP contribution in [0.3, 0.4) is 0 Å². The van der Waals surface area contributed by atoms with Gasteiger partial charge in [0.15, 0.2) is 5.60 Å².